The van der Waals surface area contributed by atoms with Gasteiger partial charge in [-0.25, -0.2) is 0 Å². The number of ether oxygens (including phenoxy) is 3. The van der Waals surface area contributed by atoms with Crippen LogP contribution < -0.4 is 34.6 Å². The number of methoxy groups -OCH3 is 3. The minimum atomic E-state index is -0.190. The molecule has 0 saturated carbocycles. The van der Waals surface area contributed by atoms with Crippen LogP contribution in [0.25, 0.3) is 0 Å². The van der Waals surface area contributed by atoms with Gasteiger partial charge in [0.1, 0.15) is 35.7 Å². The number of nitrogens with one attached hydrogen (secondary N) is 2. The topological polar surface area (TPSA) is 58.2 Å². The van der Waals surface area contributed by atoms with Gasteiger partial charge in [-0.05, 0) is 82.7 Å². The summed E-state index contributed by atoms with van der Waals surface area (Å²) in [7, 11) is 5.13. The van der Waals surface area contributed by atoms with E-state index < -0.39 is 0 Å². The number of benzene rings is 4. The van der Waals surface area contributed by atoms with Gasteiger partial charge in [-0.3, -0.25) is 0 Å². The molecule has 0 unspecified atom stereocenters. The van der Waals surface area contributed by atoms with E-state index in [1.807, 2.05) is 30.3 Å². The molecule has 3 atom stereocenters. The molecule has 0 radical (unpaired) electrons. The standard InChI is InChI=1S/C30H27BrN4O3/c1-36-17-8-11-24-20(14-17)30-34-27-13-10-19(38-3)16-22(27)29(33-25-7-5-4-6-23(25)31)35(30)26-12-9-18(37-2)15-21(26)28(34)32-24/h4-16,28-30,32-33H,1-3H3/t28-,29+,30-/m1/s1. The van der Waals surface area contributed by atoms with E-state index in [-0.39, 0.29) is 18.5 Å². The lowest BCUT2D eigenvalue weighted by molar-refractivity contribution is 0.398. The number of nitrogens with zero attached hydrogens (tertiary/aromatic N) is 2. The predicted octanol–water partition coefficient (Wildman–Crippen LogP) is 7.05. The summed E-state index contributed by atoms with van der Waals surface area (Å²) in [6.07, 6.45) is -0.350. The van der Waals surface area contributed by atoms with Crippen LogP contribution in [0.5, 0.6) is 17.2 Å². The third kappa shape index (κ3) is 3.33. The largest absolute Gasteiger partial charge is 0.497 e. The number of anilines is 4. The van der Waals surface area contributed by atoms with E-state index in [4.69, 9.17) is 14.2 Å². The van der Waals surface area contributed by atoms with Crippen LogP contribution in [0.2, 0.25) is 0 Å². The van der Waals surface area contributed by atoms with Crippen molar-refractivity contribution in [2.75, 3.05) is 41.8 Å². The Balaban J connectivity index is 1.51. The highest BCUT2D eigenvalue weighted by atomic mass is 79.9. The fraction of sp³-hybridized carbons (Fsp3) is 0.200. The quantitative estimate of drug-likeness (QED) is 0.266. The molecular weight excluding hydrogens is 544 g/mol. The summed E-state index contributed by atoms with van der Waals surface area (Å²) in [5.74, 6) is 2.48. The molecule has 4 bridgehead atoms. The van der Waals surface area contributed by atoms with Crippen molar-refractivity contribution >= 4 is 38.7 Å². The Morgan fingerprint density at radius 1 is 0.711 bits per heavy atom. The molecule has 3 aliphatic rings. The Morgan fingerprint density at radius 2 is 1.32 bits per heavy atom. The molecule has 7 nitrogen and oxygen atoms in total. The van der Waals surface area contributed by atoms with Gasteiger partial charge in [-0.15, -0.1) is 0 Å². The van der Waals surface area contributed by atoms with Crippen molar-refractivity contribution < 1.29 is 14.2 Å². The average Bonchev–Trinajstić information content (AvgIpc) is 2.96. The zero-order valence-corrected chi connectivity index (χ0v) is 22.8. The third-order valence-electron chi connectivity index (χ3n) is 7.69. The molecule has 2 N–H and O–H groups in total. The van der Waals surface area contributed by atoms with Gasteiger partial charge in [0.05, 0.1) is 27.0 Å². The minimum Gasteiger partial charge on any atom is -0.497 e. The smallest absolute Gasteiger partial charge is 0.134 e. The van der Waals surface area contributed by atoms with Crippen molar-refractivity contribution in [1.29, 1.82) is 0 Å². The van der Waals surface area contributed by atoms with Gasteiger partial charge >= 0.3 is 0 Å². The van der Waals surface area contributed by atoms with E-state index in [0.717, 1.165) is 61.2 Å². The van der Waals surface area contributed by atoms with Crippen LogP contribution in [0.3, 0.4) is 0 Å². The Labute approximate surface area is 230 Å². The normalized spacial score (nSPS) is 19.9. The Hall–Kier alpha value is -4.04. The van der Waals surface area contributed by atoms with Crippen molar-refractivity contribution in [3.63, 3.8) is 0 Å². The van der Waals surface area contributed by atoms with E-state index in [9.17, 15) is 0 Å². The average molecular weight is 571 g/mol. The summed E-state index contributed by atoms with van der Waals surface area (Å²) in [6, 6.07) is 27.2. The maximum absolute atomic E-state index is 5.68. The van der Waals surface area contributed by atoms with Gasteiger partial charge in [0.25, 0.3) is 0 Å². The van der Waals surface area contributed by atoms with Crippen molar-refractivity contribution in [2.45, 2.75) is 18.5 Å². The lowest BCUT2D eigenvalue weighted by atomic mass is 9.88. The molecule has 0 aliphatic carbocycles. The number of hydrogen-bond donors (Lipinski definition) is 2. The lowest BCUT2D eigenvalue weighted by Gasteiger charge is -2.60. The fourth-order valence-corrected chi connectivity index (χ4v) is 6.36. The molecule has 4 aromatic rings. The zero-order chi connectivity index (χ0) is 26.0. The van der Waals surface area contributed by atoms with E-state index in [1.165, 1.54) is 0 Å². The van der Waals surface area contributed by atoms with Crippen LogP contribution in [0.15, 0.2) is 83.3 Å². The molecule has 7 rings (SSSR count). The van der Waals surface area contributed by atoms with Gasteiger partial charge in [0.2, 0.25) is 0 Å². The Bertz CT molecular complexity index is 1560. The van der Waals surface area contributed by atoms with Crippen LogP contribution >= 0.6 is 15.9 Å². The molecule has 4 aromatic carbocycles. The predicted molar refractivity (Wildman–Crippen MR) is 154 cm³/mol. The molecule has 0 fully saturated rings. The second-order valence-corrected chi connectivity index (χ2v) is 10.4. The molecule has 0 amide bonds. The fourth-order valence-electron chi connectivity index (χ4n) is 5.97. The van der Waals surface area contributed by atoms with Crippen LogP contribution in [0.4, 0.5) is 22.7 Å². The van der Waals surface area contributed by atoms with Gasteiger partial charge in [0.15, 0.2) is 0 Å². The van der Waals surface area contributed by atoms with E-state index in [0.29, 0.717) is 0 Å². The highest BCUT2D eigenvalue weighted by Gasteiger charge is 2.51. The van der Waals surface area contributed by atoms with Crippen LogP contribution in [-0.4, -0.2) is 21.3 Å². The summed E-state index contributed by atoms with van der Waals surface area (Å²) in [4.78, 5) is 4.92. The lowest BCUT2D eigenvalue weighted by Crippen LogP contribution is -2.58. The first kappa shape index (κ1) is 23.1. The molecule has 0 aromatic heterocycles. The highest BCUT2D eigenvalue weighted by Crippen LogP contribution is 2.60. The van der Waals surface area contributed by atoms with E-state index >= 15 is 0 Å². The molecule has 8 heteroatoms. The summed E-state index contributed by atoms with van der Waals surface area (Å²) in [5.41, 5.74) is 7.82. The maximum Gasteiger partial charge on any atom is 0.134 e. The Kier molecular flexibility index (Phi) is 5.33. The van der Waals surface area contributed by atoms with Crippen molar-refractivity contribution in [3.05, 3.63) is 100 Å². The van der Waals surface area contributed by atoms with Crippen LogP contribution in [-0.2, 0) is 0 Å². The SMILES string of the molecule is COc1ccc2c(c1)[C@H]1N3c4ccc(OC)cc4[C@H](N2)N1c1ccc(OC)cc1[C@H]3Nc1ccccc1Br. The van der Waals surface area contributed by atoms with Crippen LogP contribution in [0.1, 0.15) is 35.2 Å². The van der Waals surface area contributed by atoms with E-state index in [1.54, 1.807) is 21.3 Å². The number of para-hydroxylation sites is 1. The van der Waals surface area contributed by atoms with Crippen LogP contribution in [0, 0.1) is 0 Å². The number of fused-ring (bicyclic) bond motifs is 5. The van der Waals surface area contributed by atoms with Gasteiger partial charge in [-0.2, -0.15) is 0 Å². The highest BCUT2D eigenvalue weighted by molar-refractivity contribution is 9.10. The molecule has 0 spiro atoms. The minimum absolute atomic E-state index is 0.0758. The Morgan fingerprint density at radius 3 is 2.00 bits per heavy atom. The van der Waals surface area contributed by atoms with Crippen molar-refractivity contribution in [2.24, 2.45) is 0 Å². The van der Waals surface area contributed by atoms with Gasteiger partial charge in [-0.1, -0.05) is 12.1 Å². The van der Waals surface area contributed by atoms with Crippen molar-refractivity contribution in [1.82, 2.24) is 0 Å². The summed E-state index contributed by atoms with van der Waals surface area (Å²) < 4.78 is 18.0. The molecule has 192 valence electrons. The number of halogens is 1. The first-order valence-corrected chi connectivity index (χ1v) is 13.3. The molecule has 3 aliphatic heterocycles. The van der Waals surface area contributed by atoms with E-state index in [2.05, 4.69) is 84.9 Å². The summed E-state index contributed by atoms with van der Waals surface area (Å²) >= 11 is 3.75. The number of hydrogen-bond acceptors (Lipinski definition) is 7. The summed E-state index contributed by atoms with van der Waals surface area (Å²) in [6.45, 7) is 0. The molecule has 0 saturated heterocycles. The monoisotopic (exact) mass is 570 g/mol. The number of rotatable bonds is 5. The zero-order valence-electron chi connectivity index (χ0n) is 21.2. The molecule has 3 heterocycles. The third-order valence-corrected chi connectivity index (χ3v) is 8.38. The first-order valence-electron chi connectivity index (χ1n) is 12.5. The van der Waals surface area contributed by atoms with Gasteiger partial charge < -0.3 is 34.6 Å². The first-order chi connectivity index (χ1) is 18.6. The van der Waals surface area contributed by atoms with Crippen molar-refractivity contribution in [3.8, 4) is 17.2 Å². The second kappa shape index (κ2) is 8.77. The molecular formula is C30H27BrN4O3. The maximum atomic E-state index is 5.68. The van der Waals surface area contributed by atoms with Gasteiger partial charge in [0, 0.05) is 38.2 Å². The summed E-state index contributed by atoms with van der Waals surface area (Å²) in [5, 5.41) is 7.67. The second-order valence-electron chi connectivity index (χ2n) is 9.56. The molecule has 38 heavy (non-hydrogen) atoms.